The van der Waals surface area contributed by atoms with Crippen molar-refractivity contribution in [2.75, 3.05) is 6.54 Å². The summed E-state index contributed by atoms with van der Waals surface area (Å²) >= 11 is 0. The minimum atomic E-state index is -1.02. The van der Waals surface area contributed by atoms with E-state index in [-0.39, 0.29) is 0 Å². The molecule has 0 unspecified atom stereocenters. The summed E-state index contributed by atoms with van der Waals surface area (Å²) in [6.07, 6.45) is 0. The van der Waals surface area contributed by atoms with Crippen LogP contribution < -0.4 is 10.6 Å². The minimum absolute atomic E-state index is 0.374. The summed E-state index contributed by atoms with van der Waals surface area (Å²) in [5.74, 6) is 0.289. The number of urea groups is 1. The van der Waals surface area contributed by atoms with E-state index in [1.54, 1.807) is 20.8 Å². The number of carboxylic acids is 1. The van der Waals surface area contributed by atoms with Crippen LogP contribution in [0.4, 0.5) is 4.79 Å². The predicted octanol–water partition coefficient (Wildman–Crippen LogP) is 2.71. The lowest BCUT2D eigenvalue weighted by Gasteiger charge is -2.29. The fraction of sp³-hybridized carbons (Fsp3) is 0.867. The Kier molecular flexibility index (Phi) is 7.03. The van der Waals surface area contributed by atoms with Crippen molar-refractivity contribution in [3.8, 4) is 0 Å². The molecule has 2 amide bonds. The first-order valence-corrected chi connectivity index (χ1v) is 7.24. The Balaban J connectivity index is 4.52. The first-order chi connectivity index (χ1) is 8.96. The standard InChI is InChI=1S/C15H30N2O3/c1-9(2)11(10(3)4)8-16-14(20)17-12(13(18)19)15(5,6)7/h9-12H,8H2,1-7H3,(H,18,19)(H2,16,17,20)/t12-/m1/s1. The van der Waals surface area contributed by atoms with Gasteiger partial charge in [0.1, 0.15) is 6.04 Å². The molecule has 0 aromatic heterocycles. The average Bonchev–Trinajstić information content (AvgIpc) is 2.22. The summed E-state index contributed by atoms with van der Waals surface area (Å²) in [5, 5.41) is 14.5. The third-order valence-electron chi connectivity index (χ3n) is 3.60. The summed E-state index contributed by atoms with van der Waals surface area (Å²) in [7, 11) is 0. The van der Waals surface area contributed by atoms with Crippen molar-refractivity contribution >= 4 is 12.0 Å². The molecule has 0 fully saturated rings. The van der Waals surface area contributed by atoms with Crippen molar-refractivity contribution in [3.05, 3.63) is 0 Å². The fourth-order valence-corrected chi connectivity index (χ4v) is 2.28. The molecule has 0 rings (SSSR count). The van der Waals surface area contributed by atoms with Crippen molar-refractivity contribution < 1.29 is 14.7 Å². The number of carbonyl (C=O) groups excluding carboxylic acids is 1. The van der Waals surface area contributed by atoms with E-state index in [4.69, 9.17) is 5.11 Å². The van der Waals surface area contributed by atoms with Crippen LogP contribution in [0.3, 0.4) is 0 Å². The van der Waals surface area contributed by atoms with Gasteiger partial charge in [0.05, 0.1) is 0 Å². The number of rotatable bonds is 6. The molecule has 0 saturated carbocycles. The zero-order chi connectivity index (χ0) is 16.1. The van der Waals surface area contributed by atoms with Crippen molar-refractivity contribution in [2.24, 2.45) is 23.2 Å². The van der Waals surface area contributed by atoms with Gasteiger partial charge in [-0.1, -0.05) is 48.5 Å². The Bertz CT molecular complexity index is 325. The van der Waals surface area contributed by atoms with Crippen molar-refractivity contribution in [1.82, 2.24) is 10.6 Å². The number of hydrogen-bond donors (Lipinski definition) is 3. The Morgan fingerprint density at radius 1 is 1.05 bits per heavy atom. The molecule has 0 spiro atoms. The van der Waals surface area contributed by atoms with Crippen LogP contribution in [0.15, 0.2) is 0 Å². The van der Waals surface area contributed by atoms with Gasteiger partial charge in [-0.3, -0.25) is 0 Å². The maximum Gasteiger partial charge on any atom is 0.326 e. The van der Waals surface area contributed by atoms with Crippen molar-refractivity contribution in [3.63, 3.8) is 0 Å². The zero-order valence-electron chi connectivity index (χ0n) is 13.8. The predicted molar refractivity (Wildman–Crippen MR) is 80.6 cm³/mol. The molecule has 0 aliphatic rings. The maximum absolute atomic E-state index is 11.9. The number of carbonyl (C=O) groups is 2. The molecule has 0 saturated heterocycles. The lowest BCUT2D eigenvalue weighted by Crippen LogP contribution is -2.53. The molecular weight excluding hydrogens is 256 g/mol. The highest BCUT2D eigenvalue weighted by molar-refractivity contribution is 5.83. The van der Waals surface area contributed by atoms with Gasteiger partial charge in [0.2, 0.25) is 0 Å². The summed E-state index contributed by atoms with van der Waals surface area (Å²) in [5.41, 5.74) is -0.529. The Hall–Kier alpha value is -1.26. The van der Waals surface area contributed by atoms with E-state index < -0.39 is 23.5 Å². The Labute approximate surface area is 122 Å². The topological polar surface area (TPSA) is 78.4 Å². The summed E-state index contributed by atoms with van der Waals surface area (Å²) in [6.45, 7) is 14.4. The van der Waals surface area contributed by atoms with E-state index in [0.717, 1.165) is 0 Å². The van der Waals surface area contributed by atoms with Crippen LogP contribution in [0.25, 0.3) is 0 Å². The molecule has 5 nitrogen and oxygen atoms in total. The molecule has 0 aromatic carbocycles. The number of carboxylic acid groups (broad SMARTS) is 1. The first kappa shape index (κ1) is 18.7. The van der Waals surface area contributed by atoms with Gasteiger partial charge in [-0.2, -0.15) is 0 Å². The van der Waals surface area contributed by atoms with Gasteiger partial charge < -0.3 is 15.7 Å². The third kappa shape index (κ3) is 6.26. The zero-order valence-corrected chi connectivity index (χ0v) is 13.8. The quantitative estimate of drug-likeness (QED) is 0.702. The van der Waals surface area contributed by atoms with Crippen LogP contribution in [0.1, 0.15) is 48.5 Å². The van der Waals surface area contributed by atoms with Crippen LogP contribution in [-0.4, -0.2) is 29.7 Å². The van der Waals surface area contributed by atoms with Gasteiger partial charge in [-0.25, -0.2) is 9.59 Å². The molecule has 20 heavy (non-hydrogen) atoms. The highest BCUT2D eigenvalue weighted by Crippen LogP contribution is 2.20. The molecule has 0 radical (unpaired) electrons. The second-order valence-electron chi connectivity index (χ2n) is 7.14. The van der Waals surface area contributed by atoms with Crippen LogP contribution in [0.5, 0.6) is 0 Å². The monoisotopic (exact) mass is 286 g/mol. The summed E-state index contributed by atoms with van der Waals surface area (Å²) in [4.78, 5) is 23.1. The van der Waals surface area contributed by atoms with Crippen molar-refractivity contribution in [1.29, 1.82) is 0 Å². The molecular formula is C15H30N2O3. The average molecular weight is 286 g/mol. The van der Waals surface area contributed by atoms with Gasteiger partial charge in [0, 0.05) is 6.54 Å². The van der Waals surface area contributed by atoms with Crippen LogP contribution >= 0.6 is 0 Å². The number of hydrogen-bond acceptors (Lipinski definition) is 2. The van der Waals surface area contributed by atoms with Gasteiger partial charge >= 0.3 is 12.0 Å². The normalized spacial score (nSPS) is 13.7. The van der Waals surface area contributed by atoms with Gasteiger partial charge in [0.15, 0.2) is 0 Å². The molecule has 1 atom stereocenters. The van der Waals surface area contributed by atoms with Gasteiger partial charge in [-0.05, 0) is 23.2 Å². The molecule has 0 aliphatic carbocycles. The summed E-state index contributed by atoms with van der Waals surface area (Å²) < 4.78 is 0. The lowest BCUT2D eigenvalue weighted by atomic mass is 9.85. The van der Waals surface area contributed by atoms with E-state index in [0.29, 0.717) is 24.3 Å². The number of amides is 2. The first-order valence-electron chi connectivity index (χ1n) is 7.24. The third-order valence-corrected chi connectivity index (χ3v) is 3.60. The van der Waals surface area contributed by atoms with E-state index >= 15 is 0 Å². The molecule has 0 aliphatic heterocycles. The van der Waals surface area contributed by atoms with E-state index in [9.17, 15) is 9.59 Å². The second-order valence-corrected chi connectivity index (χ2v) is 7.14. The van der Waals surface area contributed by atoms with E-state index in [1.807, 2.05) is 0 Å². The van der Waals surface area contributed by atoms with Gasteiger partial charge in [-0.15, -0.1) is 0 Å². The van der Waals surface area contributed by atoms with Crippen LogP contribution in [0.2, 0.25) is 0 Å². The minimum Gasteiger partial charge on any atom is -0.480 e. The van der Waals surface area contributed by atoms with Crippen LogP contribution in [0, 0.1) is 23.2 Å². The molecule has 0 aromatic rings. The fourth-order valence-electron chi connectivity index (χ4n) is 2.28. The Morgan fingerprint density at radius 3 is 1.80 bits per heavy atom. The number of nitrogens with one attached hydrogen (secondary N) is 2. The largest absolute Gasteiger partial charge is 0.480 e. The SMILES string of the molecule is CC(C)C(CNC(=O)N[C@H](C(=O)O)C(C)(C)C)C(C)C. The smallest absolute Gasteiger partial charge is 0.326 e. The highest BCUT2D eigenvalue weighted by atomic mass is 16.4. The van der Waals surface area contributed by atoms with Crippen molar-refractivity contribution in [2.45, 2.75) is 54.5 Å². The van der Waals surface area contributed by atoms with Crippen LogP contribution in [-0.2, 0) is 4.79 Å². The molecule has 0 bridgehead atoms. The number of aliphatic carboxylic acids is 1. The molecule has 118 valence electrons. The molecule has 3 N–H and O–H groups in total. The highest BCUT2D eigenvalue weighted by Gasteiger charge is 2.32. The maximum atomic E-state index is 11.9. The van der Waals surface area contributed by atoms with E-state index in [2.05, 4.69) is 38.3 Å². The molecule has 0 heterocycles. The molecule has 5 heteroatoms. The lowest BCUT2D eigenvalue weighted by molar-refractivity contribution is -0.141. The Morgan fingerprint density at radius 2 is 1.50 bits per heavy atom. The van der Waals surface area contributed by atoms with Gasteiger partial charge in [0.25, 0.3) is 0 Å². The second kappa shape index (κ2) is 7.50. The van der Waals surface area contributed by atoms with E-state index in [1.165, 1.54) is 0 Å². The summed E-state index contributed by atoms with van der Waals surface area (Å²) in [6, 6.07) is -1.32.